The Morgan fingerprint density at radius 3 is 2.89 bits per heavy atom. The van der Waals surface area contributed by atoms with Crippen molar-refractivity contribution in [1.82, 2.24) is 15.1 Å². The molecule has 2 unspecified atom stereocenters. The van der Waals surface area contributed by atoms with Crippen LogP contribution in [0.4, 0.5) is 0 Å². The summed E-state index contributed by atoms with van der Waals surface area (Å²) in [5, 5.41) is 3.14. The number of likely N-dealkylation sites (tertiary alicyclic amines) is 1. The second kappa shape index (κ2) is 7.71. The minimum atomic E-state index is -0.244. The standard InChI is InChI=1S/C13H28N4O/c1-4-15-12(13(14)18)7-9-17(3)11-6-5-8-16(2)10-11/h11-12,15H,4-10H2,1-3H3,(H2,14,18). The maximum atomic E-state index is 11.3. The minimum Gasteiger partial charge on any atom is -0.368 e. The average Bonchev–Trinajstić information content (AvgIpc) is 2.33. The van der Waals surface area contributed by atoms with Crippen molar-refractivity contribution in [2.45, 2.75) is 38.3 Å². The van der Waals surface area contributed by atoms with E-state index in [9.17, 15) is 4.79 Å². The van der Waals surface area contributed by atoms with E-state index in [1.54, 1.807) is 0 Å². The normalized spacial score (nSPS) is 23.2. The van der Waals surface area contributed by atoms with E-state index in [-0.39, 0.29) is 11.9 Å². The predicted octanol–water partition coefficient (Wildman–Crippen LogP) is -0.134. The molecule has 1 rings (SSSR count). The number of nitrogens with zero attached hydrogens (tertiary/aromatic N) is 2. The Kier molecular flexibility index (Phi) is 6.60. The molecule has 1 heterocycles. The summed E-state index contributed by atoms with van der Waals surface area (Å²) in [6.07, 6.45) is 3.31. The van der Waals surface area contributed by atoms with Gasteiger partial charge in [0, 0.05) is 19.1 Å². The number of hydrogen-bond acceptors (Lipinski definition) is 4. The predicted molar refractivity (Wildman–Crippen MR) is 74.4 cm³/mol. The third kappa shape index (κ3) is 4.92. The Morgan fingerprint density at radius 1 is 1.61 bits per heavy atom. The molecule has 0 bridgehead atoms. The van der Waals surface area contributed by atoms with Crippen molar-refractivity contribution in [2.24, 2.45) is 5.73 Å². The molecule has 18 heavy (non-hydrogen) atoms. The van der Waals surface area contributed by atoms with Gasteiger partial charge in [-0.05, 0) is 46.4 Å². The van der Waals surface area contributed by atoms with Crippen molar-refractivity contribution in [3.63, 3.8) is 0 Å². The number of amides is 1. The molecular formula is C13H28N4O. The molecule has 2 atom stereocenters. The molecule has 1 aliphatic rings. The second-order valence-electron chi connectivity index (χ2n) is 5.34. The lowest BCUT2D eigenvalue weighted by Gasteiger charge is -2.36. The van der Waals surface area contributed by atoms with E-state index in [2.05, 4.69) is 29.2 Å². The van der Waals surface area contributed by atoms with Gasteiger partial charge in [0.25, 0.3) is 0 Å². The van der Waals surface area contributed by atoms with E-state index in [1.165, 1.54) is 19.4 Å². The number of carbonyl (C=O) groups excluding carboxylic acids is 1. The first-order valence-electron chi connectivity index (χ1n) is 6.96. The topological polar surface area (TPSA) is 61.6 Å². The van der Waals surface area contributed by atoms with Crippen LogP contribution in [0.25, 0.3) is 0 Å². The number of primary amides is 1. The third-order valence-corrected chi connectivity index (χ3v) is 3.79. The Hall–Kier alpha value is -0.650. The quantitative estimate of drug-likeness (QED) is 0.666. The van der Waals surface area contributed by atoms with E-state index in [0.29, 0.717) is 6.04 Å². The molecule has 0 aromatic carbocycles. The van der Waals surface area contributed by atoms with Gasteiger partial charge < -0.3 is 20.9 Å². The van der Waals surface area contributed by atoms with Gasteiger partial charge in [0.05, 0.1) is 6.04 Å². The molecule has 1 fully saturated rings. The highest BCUT2D eigenvalue weighted by molar-refractivity contribution is 5.79. The molecule has 0 aromatic heterocycles. The van der Waals surface area contributed by atoms with Crippen LogP contribution in [-0.4, -0.2) is 68.1 Å². The molecule has 0 spiro atoms. The van der Waals surface area contributed by atoms with Crippen LogP contribution in [0.5, 0.6) is 0 Å². The first-order valence-corrected chi connectivity index (χ1v) is 6.96. The fraction of sp³-hybridized carbons (Fsp3) is 0.923. The van der Waals surface area contributed by atoms with Gasteiger partial charge in [0.2, 0.25) is 5.91 Å². The third-order valence-electron chi connectivity index (χ3n) is 3.79. The Morgan fingerprint density at radius 2 is 2.33 bits per heavy atom. The maximum absolute atomic E-state index is 11.3. The van der Waals surface area contributed by atoms with Crippen LogP contribution < -0.4 is 11.1 Å². The summed E-state index contributed by atoms with van der Waals surface area (Å²) in [6, 6.07) is 0.415. The fourth-order valence-electron chi connectivity index (χ4n) is 2.61. The molecule has 3 N–H and O–H groups in total. The zero-order valence-corrected chi connectivity index (χ0v) is 12.0. The number of nitrogens with two attached hydrogens (primary N) is 1. The maximum Gasteiger partial charge on any atom is 0.234 e. The number of rotatable bonds is 7. The lowest BCUT2D eigenvalue weighted by atomic mass is 10.0. The Balaban J connectivity index is 2.34. The van der Waals surface area contributed by atoms with Crippen molar-refractivity contribution < 1.29 is 4.79 Å². The van der Waals surface area contributed by atoms with E-state index in [0.717, 1.165) is 26.1 Å². The fourth-order valence-corrected chi connectivity index (χ4v) is 2.61. The zero-order valence-electron chi connectivity index (χ0n) is 12.0. The number of hydrogen-bond donors (Lipinski definition) is 2. The Bertz CT molecular complexity index is 259. The van der Waals surface area contributed by atoms with Crippen LogP contribution in [0.2, 0.25) is 0 Å². The summed E-state index contributed by atoms with van der Waals surface area (Å²) >= 11 is 0. The molecule has 106 valence electrons. The van der Waals surface area contributed by atoms with Gasteiger partial charge in [-0.2, -0.15) is 0 Å². The Labute approximate surface area is 111 Å². The highest BCUT2D eigenvalue weighted by atomic mass is 16.1. The van der Waals surface area contributed by atoms with Gasteiger partial charge >= 0.3 is 0 Å². The van der Waals surface area contributed by atoms with E-state index < -0.39 is 0 Å². The largest absolute Gasteiger partial charge is 0.368 e. The first-order chi connectivity index (χ1) is 8.54. The van der Waals surface area contributed by atoms with Gasteiger partial charge in [-0.1, -0.05) is 6.92 Å². The molecular weight excluding hydrogens is 228 g/mol. The summed E-state index contributed by atoms with van der Waals surface area (Å²) in [5.41, 5.74) is 5.38. The number of likely N-dealkylation sites (N-methyl/N-ethyl adjacent to an activating group) is 3. The van der Waals surface area contributed by atoms with Crippen molar-refractivity contribution in [2.75, 3.05) is 40.3 Å². The zero-order chi connectivity index (χ0) is 13.5. The van der Waals surface area contributed by atoms with Crippen LogP contribution in [0, 0.1) is 0 Å². The van der Waals surface area contributed by atoms with Crippen molar-refractivity contribution >= 4 is 5.91 Å². The minimum absolute atomic E-state index is 0.196. The molecule has 1 aliphatic heterocycles. The van der Waals surface area contributed by atoms with E-state index in [4.69, 9.17) is 5.73 Å². The van der Waals surface area contributed by atoms with Crippen LogP contribution >= 0.6 is 0 Å². The SMILES string of the molecule is CCNC(CCN(C)C1CCCN(C)C1)C(N)=O. The summed E-state index contributed by atoms with van der Waals surface area (Å²) in [4.78, 5) is 16.0. The molecule has 0 aliphatic carbocycles. The molecule has 5 nitrogen and oxygen atoms in total. The van der Waals surface area contributed by atoms with Crippen LogP contribution in [0.1, 0.15) is 26.2 Å². The van der Waals surface area contributed by atoms with Gasteiger partial charge in [-0.25, -0.2) is 0 Å². The summed E-state index contributed by atoms with van der Waals surface area (Å²) < 4.78 is 0. The molecule has 1 amide bonds. The van der Waals surface area contributed by atoms with Crippen LogP contribution in [0.15, 0.2) is 0 Å². The molecule has 1 saturated heterocycles. The van der Waals surface area contributed by atoms with E-state index >= 15 is 0 Å². The van der Waals surface area contributed by atoms with Crippen LogP contribution in [-0.2, 0) is 4.79 Å². The lowest BCUT2D eigenvalue weighted by Crippen LogP contribution is -2.48. The van der Waals surface area contributed by atoms with Gasteiger partial charge in [0.1, 0.15) is 0 Å². The number of nitrogens with one attached hydrogen (secondary N) is 1. The number of carbonyl (C=O) groups is 1. The smallest absolute Gasteiger partial charge is 0.234 e. The average molecular weight is 256 g/mol. The second-order valence-corrected chi connectivity index (χ2v) is 5.34. The van der Waals surface area contributed by atoms with Gasteiger partial charge in [-0.15, -0.1) is 0 Å². The van der Waals surface area contributed by atoms with Crippen molar-refractivity contribution in [1.29, 1.82) is 0 Å². The summed E-state index contributed by atoms with van der Waals surface area (Å²) in [7, 11) is 4.32. The van der Waals surface area contributed by atoms with Crippen molar-refractivity contribution in [3.8, 4) is 0 Å². The summed E-state index contributed by atoms with van der Waals surface area (Å²) in [6.45, 7) is 6.02. The van der Waals surface area contributed by atoms with E-state index in [1.807, 2.05) is 6.92 Å². The van der Waals surface area contributed by atoms with Gasteiger partial charge in [0.15, 0.2) is 0 Å². The molecule has 0 saturated carbocycles. The molecule has 5 heteroatoms. The van der Waals surface area contributed by atoms with Gasteiger partial charge in [-0.3, -0.25) is 4.79 Å². The highest BCUT2D eigenvalue weighted by Gasteiger charge is 2.22. The molecule has 0 radical (unpaired) electrons. The lowest BCUT2D eigenvalue weighted by molar-refractivity contribution is -0.120. The summed E-state index contributed by atoms with van der Waals surface area (Å²) in [5.74, 6) is -0.244. The van der Waals surface area contributed by atoms with Crippen molar-refractivity contribution in [3.05, 3.63) is 0 Å². The highest BCUT2D eigenvalue weighted by Crippen LogP contribution is 2.13. The van der Waals surface area contributed by atoms with Crippen LogP contribution in [0.3, 0.4) is 0 Å². The monoisotopic (exact) mass is 256 g/mol. The number of piperidine rings is 1. The first kappa shape index (κ1) is 15.4. The molecule has 0 aromatic rings.